The minimum atomic E-state index is -1.55. The minimum Gasteiger partial charge on any atom is -0.872 e. The molecule has 0 unspecified atom stereocenters. The Bertz CT molecular complexity index is 448. The second kappa shape index (κ2) is 3.61. The second-order valence-corrected chi connectivity index (χ2v) is 3.14. The minimum absolute atomic E-state index is 0.0324. The lowest BCUT2D eigenvalue weighted by Crippen LogP contribution is -2.25. The quantitative estimate of drug-likeness (QED) is 0.701. The van der Waals surface area contributed by atoms with Gasteiger partial charge in [-0.1, -0.05) is 6.07 Å². The molecule has 0 atom stereocenters. The molecule has 5 nitrogen and oxygen atoms in total. The van der Waals surface area contributed by atoms with E-state index in [-0.39, 0.29) is 22.3 Å². The first-order chi connectivity index (χ1) is 6.86. The molecule has 0 saturated heterocycles. The van der Waals surface area contributed by atoms with Crippen LogP contribution in [0.1, 0.15) is 31.8 Å². The molecule has 0 aliphatic carbocycles. The van der Waals surface area contributed by atoms with Gasteiger partial charge < -0.3 is 20.1 Å². The lowest BCUT2D eigenvalue weighted by Gasteiger charge is -2.19. The molecule has 80 valence electrons. The molecule has 0 heterocycles. The van der Waals surface area contributed by atoms with E-state index in [1.165, 1.54) is 13.8 Å². The Hall–Kier alpha value is -2.04. The molecule has 0 spiro atoms. The van der Waals surface area contributed by atoms with E-state index in [1.807, 2.05) is 0 Å². The van der Waals surface area contributed by atoms with Crippen LogP contribution >= 0.6 is 0 Å². The van der Waals surface area contributed by atoms with Gasteiger partial charge in [-0.3, -0.25) is 0 Å². The number of benzene rings is 1. The van der Waals surface area contributed by atoms with E-state index in [1.54, 1.807) is 0 Å². The van der Waals surface area contributed by atoms with Gasteiger partial charge in [0.05, 0.1) is 11.5 Å². The number of aromatic carboxylic acids is 2. The van der Waals surface area contributed by atoms with E-state index >= 15 is 0 Å². The van der Waals surface area contributed by atoms with E-state index in [2.05, 4.69) is 0 Å². The van der Waals surface area contributed by atoms with Crippen LogP contribution in [0.25, 0.3) is 0 Å². The van der Waals surface area contributed by atoms with Crippen molar-refractivity contribution in [3.05, 3.63) is 28.3 Å². The monoisotopic (exact) mass is 208 g/mol. The molecule has 0 saturated carbocycles. The Balaban J connectivity index is 3.63. The first-order valence-electron chi connectivity index (χ1n) is 4.12. The highest BCUT2D eigenvalue weighted by Crippen LogP contribution is 2.24. The van der Waals surface area contributed by atoms with E-state index in [0.29, 0.717) is 0 Å². The molecule has 1 aromatic carbocycles. The zero-order chi connectivity index (χ0) is 11.7. The summed E-state index contributed by atoms with van der Waals surface area (Å²) >= 11 is 0. The van der Waals surface area contributed by atoms with Gasteiger partial charge in [0.25, 0.3) is 0 Å². The summed E-state index contributed by atoms with van der Waals surface area (Å²) in [6, 6.07) is 0.881. The van der Waals surface area contributed by atoms with Crippen molar-refractivity contribution in [2.45, 2.75) is 13.8 Å². The number of carbonyl (C=O) groups excluding carboxylic acids is 1. The lowest BCUT2D eigenvalue weighted by molar-refractivity contribution is -0.270. The summed E-state index contributed by atoms with van der Waals surface area (Å²) in [4.78, 5) is 21.4. The molecule has 5 heteroatoms. The standard InChI is InChI=1S/C10H10O5/c1-4-6(9(12)13)3-7(11)5(2)8(4)10(14)15/h3,11H,1-2H3,(H,12,13)(H,14,15)/p-2. The van der Waals surface area contributed by atoms with Crippen LogP contribution in [0.3, 0.4) is 0 Å². The zero-order valence-electron chi connectivity index (χ0n) is 8.16. The molecule has 0 aromatic heterocycles. The molecule has 0 radical (unpaired) electrons. The topological polar surface area (TPSA) is 100 Å². The van der Waals surface area contributed by atoms with Crippen LogP contribution in [0.5, 0.6) is 5.75 Å². The third-order valence-corrected chi connectivity index (χ3v) is 2.23. The molecule has 15 heavy (non-hydrogen) atoms. The Kier molecular flexibility index (Phi) is 2.65. The molecule has 0 aliphatic heterocycles. The van der Waals surface area contributed by atoms with Crippen molar-refractivity contribution >= 4 is 11.9 Å². The maximum Gasteiger partial charge on any atom is 0.336 e. The third kappa shape index (κ3) is 1.76. The van der Waals surface area contributed by atoms with Gasteiger partial charge in [-0.25, -0.2) is 4.79 Å². The Labute approximate surface area is 85.6 Å². The maximum absolute atomic E-state index is 11.3. The fourth-order valence-corrected chi connectivity index (χ4v) is 1.42. The lowest BCUT2D eigenvalue weighted by atomic mass is 9.97. The Morgan fingerprint density at radius 3 is 2.20 bits per heavy atom. The third-order valence-electron chi connectivity index (χ3n) is 2.23. The van der Waals surface area contributed by atoms with Gasteiger partial charge in [0.2, 0.25) is 0 Å². The maximum atomic E-state index is 11.3. The van der Waals surface area contributed by atoms with Crippen molar-refractivity contribution in [2.24, 2.45) is 0 Å². The van der Waals surface area contributed by atoms with Crippen LogP contribution in [-0.4, -0.2) is 17.0 Å². The second-order valence-electron chi connectivity index (χ2n) is 3.14. The summed E-state index contributed by atoms with van der Waals surface area (Å²) < 4.78 is 0. The predicted octanol–water partition coefficient (Wildman–Crippen LogP) is -0.561. The molecule has 0 amide bonds. The van der Waals surface area contributed by atoms with Crippen molar-refractivity contribution in [3.63, 3.8) is 0 Å². The van der Waals surface area contributed by atoms with E-state index in [4.69, 9.17) is 5.11 Å². The summed E-state index contributed by atoms with van der Waals surface area (Å²) in [6.07, 6.45) is 0. The summed E-state index contributed by atoms with van der Waals surface area (Å²) in [6.45, 7) is 2.68. The van der Waals surface area contributed by atoms with Crippen molar-refractivity contribution in [1.82, 2.24) is 0 Å². The van der Waals surface area contributed by atoms with Crippen molar-refractivity contribution in [1.29, 1.82) is 0 Å². The number of hydrogen-bond acceptors (Lipinski definition) is 4. The zero-order valence-corrected chi connectivity index (χ0v) is 8.16. The molecule has 1 aromatic rings. The summed E-state index contributed by atoms with van der Waals surface area (Å²) in [5.74, 6) is -3.48. The van der Waals surface area contributed by atoms with Crippen LogP contribution in [0.2, 0.25) is 0 Å². The van der Waals surface area contributed by atoms with Crippen molar-refractivity contribution < 1.29 is 24.9 Å². The fourth-order valence-electron chi connectivity index (χ4n) is 1.42. The van der Waals surface area contributed by atoms with Crippen LogP contribution in [0, 0.1) is 13.8 Å². The first kappa shape index (κ1) is 11.0. The van der Waals surface area contributed by atoms with E-state index in [0.717, 1.165) is 6.07 Å². The molecular formula is C10H8O5-2. The average molecular weight is 208 g/mol. The number of carboxylic acids is 2. The summed E-state index contributed by atoms with van der Waals surface area (Å²) in [5, 5.41) is 30.7. The van der Waals surface area contributed by atoms with Crippen molar-refractivity contribution in [3.8, 4) is 5.75 Å². The fraction of sp³-hybridized carbons (Fsp3) is 0.200. The SMILES string of the molecule is Cc1c([O-])cc(C(=O)[O-])c(C)c1C(=O)O. The van der Waals surface area contributed by atoms with Crippen LogP contribution in [0.15, 0.2) is 6.07 Å². The normalized spacial score (nSPS) is 10.0. The van der Waals surface area contributed by atoms with Gasteiger partial charge in [-0.2, -0.15) is 0 Å². The van der Waals surface area contributed by atoms with E-state index in [9.17, 15) is 19.8 Å². The first-order valence-corrected chi connectivity index (χ1v) is 4.12. The highest BCUT2D eigenvalue weighted by Gasteiger charge is 2.14. The highest BCUT2D eigenvalue weighted by atomic mass is 16.4. The predicted molar refractivity (Wildman–Crippen MR) is 46.7 cm³/mol. The smallest absolute Gasteiger partial charge is 0.336 e. The number of rotatable bonds is 2. The molecule has 1 rings (SSSR count). The molecule has 0 bridgehead atoms. The molecule has 1 N–H and O–H groups in total. The van der Waals surface area contributed by atoms with Crippen molar-refractivity contribution in [2.75, 3.05) is 0 Å². The van der Waals surface area contributed by atoms with Gasteiger partial charge >= 0.3 is 5.97 Å². The van der Waals surface area contributed by atoms with Gasteiger partial charge in [-0.05, 0) is 25.0 Å². The Morgan fingerprint density at radius 1 is 1.27 bits per heavy atom. The van der Waals surface area contributed by atoms with Crippen LogP contribution < -0.4 is 10.2 Å². The number of hydrogen-bond donors (Lipinski definition) is 1. The summed E-state index contributed by atoms with van der Waals surface area (Å²) in [5.41, 5.74) is -0.561. The largest absolute Gasteiger partial charge is 0.872 e. The number of carbonyl (C=O) groups is 2. The highest BCUT2D eigenvalue weighted by molar-refractivity contribution is 5.97. The molecular weight excluding hydrogens is 200 g/mol. The average Bonchev–Trinajstić information content (AvgIpc) is 2.10. The summed E-state index contributed by atoms with van der Waals surface area (Å²) in [7, 11) is 0. The number of carboxylic acid groups (broad SMARTS) is 2. The molecule has 0 fully saturated rings. The van der Waals surface area contributed by atoms with Gasteiger partial charge in [-0.15, -0.1) is 5.75 Å². The van der Waals surface area contributed by atoms with Crippen LogP contribution in [-0.2, 0) is 0 Å². The van der Waals surface area contributed by atoms with E-state index < -0.39 is 17.7 Å². The Morgan fingerprint density at radius 2 is 1.80 bits per heavy atom. The van der Waals surface area contributed by atoms with Gasteiger partial charge in [0.1, 0.15) is 0 Å². The van der Waals surface area contributed by atoms with Gasteiger partial charge in [0.15, 0.2) is 0 Å². The van der Waals surface area contributed by atoms with Gasteiger partial charge in [0, 0.05) is 5.56 Å². The molecule has 0 aliphatic rings. The van der Waals surface area contributed by atoms with Crippen LogP contribution in [0.4, 0.5) is 0 Å².